The molecule has 0 spiro atoms. The first kappa shape index (κ1) is 26.2. The van der Waals surface area contributed by atoms with Crippen molar-refractivity contribution in [2.24, 2.45) is 5.92 Å². The van der Waals surface area contributed by atoms with Crippen molar-refractivity contribution in [1.82, 2.24) is 10.2 Å². The fourth-order valence-corrected chi connectivity index (χ4v) is 4.41. The van der Waals surface area contributed by atoms with Crippen molar-refractivity contribution in [3.05, 3.63) is 70.9 Å². The third-order valence-corrected chi connectivity index (χ3v) is 6.14. The molecule has 3 N–H and O–H groups in total. The molecule has 2 aromatic carbocycles. The van der Waals surface area contributed by atoms with Gasteiger partial charge in [-0.3, -0.25) is 0 Å². The molecule has 35 heavy (non-hydrogen) atoms. The molecule has 1 aliphatic rings. The van der Waals surface area contributed by atoms with E-state index in [2.05, 4.69) is 16.0 Å². The second kappa shape index (κ2) is 11.8. The minimum atomic E-state index is -0.490. The van der Waals surface area contributed by atoms with Gasteiger partial charge in [0.05, 0.1) is 18.2 Å². The molecule has 0 bridgehead atoms. The molecule has 7 nitrogen and oxygen atoms in total. The number of urea groups is 1. The number of hydrogen-bond acceptors (Lipinski definition) is 4. The monoisotopic (exact) mass is 494 g/mol. The summed E-state index contributed by atoms with van der Waals surface area (Å²) in [6.45, 7) is 10.9. The number of allylic oxidation sites excluding steroid dienone is 1. The van der Waals surface area contributed by atoms with E-state index < -0.39 is 6.04 Å². The molecular weight excluding hydrogens is 460 g/mol. The average molecular weight is 495 g/mol. The summed E-state index contributed by atoms with van der Waals surface area (Å²) in [4.78, 5) is 27.7. The van der Waals surface area contributed by atoms with Gasteiger partial charge in [0.25, 0.3) is 0 Å². The standard InChI is InChI=1S/C27H34N4O3S/c1-6-19-11-8-9-14-22(19)29-26(33)28-21-13-10-12-20(15-21)24-23(25(32)34-16-17(3)4)18(5)31(7-2)27(35)30-24/h8-15,17,24H,6-7,16H2,1-5H3,(H,30,35)(H2,28,29,33)/t24-/m0/s1. The van der Waals surface area contributed by atoms with Crippen LogP contribution in [-0.4, -0.2) is 35.2 Å². The molecule has 1 heterocycles. The third-order valence-electron chi connectivity index (χ3n) is 5.80. The summed E-state index contributed by atoms with van der Waals surface area (Å²) >= 11 is 5.57. The number of nitrogens with zero attached hydrogens (tertiary/aromatic N) is 1. The number of amides is 2. The number of carbonyl (C=O) groups excluding carboxylic acids is 2. The smallest absolute Gasteiger partial charge is 0.338 e. The largest absolute Gasteiger partial charge is 0.462 e. The van der Waals surface area contributed by atoms with Gasteiger partial charge in [0.1, 0.15) is 0 Å². The van der Waals surface area contributed by atoms with Gasteiger partial charge in [-0.1, -0.05) is 51.1 Å². The molecule has 0 aromatic heterocycles. The Kier molecular flexibility index (Phi) is 8.87. The SMILES string of the molecule is CCc1ccccc1NC(=O)Nc1cccc([C@@H]2NC(=S)N(CC)C(C)=C2C(=O)OCC(C)C)c1. The highest BCUT2D eigenvalue weighted by molar-refractivity contribution is 7.80. The highest BCUT2D eigenvalue weighted by atomic mass is 32.1. The lowest BCUT2D eigenvalue weighted by Crippen LogP contribution is -2.47. The van der Waals surface area contributed by atoms with E-state index in [0.29, 0.717) is 29.5 Å². The van der Waals surface area contributed by atoms with Crippen molar-refractivity contribution in [2.45, 2.75) is 47.1 Å². The Balaban J connectivity index is 1.86. The Morgan fingerprint density at radius 1 is 1.11 bits per heavy atom. The normalized spacial score (nSPS) is 15.7. The van der Waals surface area contributed by atoms with Gasteiger partial charge in [0, 0.05) is 23.6 Å². The summed E-state index contributed by atoms with van der Waals surface area (Å²) in [6.07, 6.45) is 0.815. The molecule has 3 rings (SSSR count). The number of anilines is 2. The lowest BCUT2D eigenvalue weighted by molar-refractivity contribution is -0.140. The zero-order valence-corrected chi connectivity index (χ0v) is 21.8. The predicted molar refractivity (Wildman–Crippen MR) is 144 cm³/mol. The zero-order chi connectivity index (χ0) is 25.5. The van der Waals surface area contributed by atoms with Crippen molar-refractivity contribution in [3.63, 3.8) is 0 Å². The number of benzene rings is 2. The van der Waals surface area contributed by atoms with Crippen molar-refractivity contribution in [1.29, 1.82) is 0 Å². The lowest BCUT2D eigenvalue weighted by atomic mass is 9.94. The second-order valence-corrected chi connectivity index (χ2v) is 9.22. The van der Waals surface area contributed by atoms with Gasteiger partial charge in [-0.15, -0.1) is 0 Å². The molecule has 1 atom stereocenters. The van der Waals surface area contributed by atoms with Crippen LogP contribution in [0.15, 0.2) is 59.8 Å². The fraction of sp³-hybridized carbons (Fsp3) is 0.370. The van der Waals surface area contributed by atoms with E-state index in [0.717, 1.165) is 28.9 Å². The Labute approximate surface area is 212 Å². The minimum absolute atomic E-state index is 0.224. The fourth-order valence-electron chi connectivity index (χ4n) is 4.03. The van der Waals surface area contributed by atoms with Crippen LogP contribution < -0.4 is 16.0 Å². The maximum Gasteiger partial charge on any atom is 0.338 e. The minimum Gasteiger partial charge on any atom is -0.462 e. The first-order valence-electron chi connectivity index (χ1n) is 12.0. The number of nitrogens with one attached hydrogen (secondary N) is 3. The van der Waals surface area contributed by atoms with E-state index in [-0.39, 0.29) is 17.9 Å². The van der Waals surface area contributed by atoms with Gasteiger partial charge in [-0.05, 0) is 67.7 Å². The molecule has 0 fully saturated rings. The molecule has 0 saturated carbocycles. The molecule has 0 aliphatic carbocycles. The van der Waals surface area contributed by atoms with Crippen LogP contribution in [0, 0.1) is 5.92 Å². The maximum atomic E-state index is 13.1. The lowest BCUT2D eigenvalue weighted by Gasteiger charge is -2.37. The topological polar surface area (TPSA) is 82.7 Å². The number of aryl methyl sites for hydroxylation is 1. The molecule has 186 valence electrons. The van der Waals surface area contributed by atoms with Crippen LogP contribution in [0.4, 0.5) is 16.2 Å². The highest BCUT2D eigenvalue weighted by Crippen LogP contribution is 2.32. The van der Waals surface area contributed by atoms with Crippen LogP contribution >= 0.6 is 12.2 Å². The third kappa shape index (κ3) is 6.39. The number of esters is 1. The first-order valence-corrected chi connectivity index (χ1v) is 12.4. The molecule has 2 amide bonds. The summed E-state index contributed by atoms with van der Waals surface area (Å²) in [5.41, 5.74) is 4.51. The Hall–Kier alpha value is -3.39. The zero-order valence-electron chi connectivity index (χ0n) is 21.0. The van der Waals surface area contributed by atoms with Crippen LogP contribution in [-0.2, 0) is 16.0 Å². The molecule has 8 heteroatoms. The van der Waals surface area contributed by atoms with E-state index in [1.807, 2.05) is 88.0 Å². The van der Waals surface area contributed by atoms with Crippen molar-refractivity contribution in [2.75, 3.05) is 23.8 Å². The van der Waals surface area contributed by atoms with Gasteiger partial charge >= 0.3 is 12.0 Å². The van der Waals surface area contributed by atoms with E-state index >= 15 is 0 Å². The quantitative estimate of drug-likeness (QED) is 0.327. The van der Waals surface area contributed by atoms with Gasteiger partial charge in [0.15, 0.2) is 5.11 Å². The van der Waals surface area contributed by atoms with Crippen LogP contribution in [0.3, 0.4) is 0 Å². The summed E-state index contributed by atoms with van der Waals surface area (Å²) in [5, 5.41) is 9.64. The van der Waals surface area contributed by atoms with Gasteiger partial charge < -0.3 is 25.6 Å². The summed E-state index contributed by atoms with van der Waals surface area (Å²) in [7, 11) is 0. The molecule has 1 aliphatic heterocycles. The van der Waals surface area contributed by atoms with Crippen LogP contribution in [0.5, 0.6) is 0 Å². The Morgan fingerprint density at radius 2 is 1.86 bits per heavy atom. The number of carbonyl (C=O) groups is 2. The summed E-state index contributed by atoms with van der Waals surface area (Å²) < 4.78 is 5.59. The maximum absolute atomic E-state index is 13.1. The van der Waals surface area contributed by atoms with Gasteiger partial charge in [0.2, 0.25) is 0 Å². The molecule has 0 radical (unpaired) electrons. The molecule has 2 aromatic rings. The van der Waals surface area contributed by atoms with Gasteiger partial charge in [-0.2, -0.15) is 0 Å². The number of thiocarbonyl (C=S) groups is 1. The number of hydrogen-bond donors (Lipinski definition) is 3. The van der Waals surface area contributed by atoms with E-state index in [4.69, 9.17) is 17.0 Å². The first-order chi connectivity index (χ1) is 16.7. The average Bonchev–Trinajstić information content (AvgIpc) is 2.83. The highest BCUT2D eigenvalue weighted by Gasteiger charge is 2.34. The molecular formula is C27H34N4O3S. The van der Waals surface area contributed by atoms with Crippen LogP contribution in [0.2, 0.25) is 0 Å². The summed E-state index contributed by atoms with van der Waals surface area (Å²) in [5.74, 6) is -0.149. The molecule has 0 unspecified atom stereocenters. The number of ether oxygens (including phenoxy) is 1. The van der Waals surface area contributed by atoms with Crippen LogP contribution in [0.25, 0.3) is 0 Å². The number of rotatable bonds is 8. The van der Waals surface area contributed by atoms with Crippen molar-refractivity contribution in [3.8, 4) is 0 Å². The summed E-state index contributed by atoms with van der Waals surface area (Å²) in [6, 6.07) is 14.3. The van der Waals surface area contributed by atoms with E-state index in [9.17, 15) is 9.59 Å². The van der Waals surface area contributed by atoms with E-state index in [1.165, 1.54) is 0 Å². The van der Waals surface area contributed by atoms with Gasteiger partial charge in [-0.25, -0.2) is 9.59 Å². The Morgan fingerprint density at radius 3 is 2.54 bits per heavy atom. The van der Waals surface area contributed by atoms with Crippen LogP contribution in [0.1, 0.15) is 51.8 Å². The van der Waals surface area contributed by atoms with Crippen molar-refractivity contribution >= 4 is 40.7 Å². The Bertz CT molecular complexity index is 1130. The predicted octanol–water partition coefficient (Wildman–Crippen LogP) is 5.62. The van der Waals surface area contributed by atoms with Crippen molar-refractivity contribution < 1.29 is 14.3 Å². The van der Waals surface area contributed by atoms with E-state index in [1.54, 1.807) is 0 Å². The number of para-hydroxylation sites is 1. The molecule has 0 saturated heterocycles. The second-order valence-electron chi connectivity index (χ2n) is 8.83.